The molecule has 1 aromatic rings. The standard InChI is InChI=1S/C15H23N3O3/c1-2-21-14-9-13(3-6-16-14)10-17-15(20)18-7-4-12(11-19)5-8-18/h3,6,9,12,19H,2,4-5,7-8,10-11H2,1H3,(H,17,20). The molecule has 6 nitrogen and oxygen atoms in total. The van der Waals surface area contributed by atoms with Gasteiger partial charge in [0, 0.05) is 38.5 Å². The first-order valence-electron chi connectivity index (χ1n) is 7.44. The first-order chi connectivity index (χ1) is 10.2. The van der Waals surface area contributed by atoms with Gasteiger partial charge in [-0.15, -0.1) is 0 Å². The fourth-order valence-electron chi connectivity index (χ4n) is 2.40. The summed E-state index contributed by atoms with van der Waals surface area (Å²) < 4.78 is 5.34. The minimum Gasteiger partial charge on any atom is -0.478 e. The van der Waals surface area contributed by atoms with Gasteiger partial charge < -0.3 is 20.1 Å². The molecule has 21 heavy (non-hydrogen) atoms. The lowest BCUT2D eigenvalue weighted by Gasteiger charge is -2.31. The second kappa shape index (κ2) is 7.83. The number of hydrogen-bond acceptors (Lipinski definition) is 4. The number of amides is 2. The highest BCUT2D eigenvalue weighted by Crippen LogP contribution is 2.16. The maximum atomic E-state index is 12.1. The van der Waals surface area contributed by atoms with Gasteiger partial charge in [0.15, 0.2) is 0 Å². The first-order valence-corrected chi connectivity index (χ1v) is 7.44. The number of carbonyl (C=O) groups is 1. The molecule has 2 rings (SSSR count). The Morgan fingerprint density at radius 3 is 2.95 bits per heavy atom. The van der Waals surface area contributed by atoms with Gasteiger partial charge in [0.2, 0.25) is 5.88 Å². The summed E-state index contributed by atoms with van der Waals surface area (Å²) in [7, 11) is 0. The average molecular weight is 293 g/mol. The summed E-state index contributed by atoms with van der Waals surface area (Å²) in [4.78, 5) is 18.0. The molecule has 1 aromatic heterocycles. The van der Waals surface area contributed by atoms with Crippen molar-refractivity contribution in [2.75, 3.05) is 26.3 Å². The number of carbonyl (C=O) groups excluding carboxylic acids is 1. The molecule has 1 aliphatic rings. The topological polar surface area (TPSA) is 74.7 Å². The van der Waals surface area contributed by atoms with Gasteiger partial charge in [-0.2, -0.15) is 0 Å². The van der Waals surface area contributed by atoms with Crippen LogP contribution in [0.4, 0.5) is 4.79 Å². The molecular weight excluding hydrogens is 270 g/mol. The highest BCUT2D eigenvalue weighted by Gasteiger charge is 2.21. The first kappa shape index (κ1) is 15.6. The summed E-state index contributed by atoms with van der Waals surface area (Å²) in [6.07, 6.45) is 3.42. The van der Waals surface area contributed by atoms with Crippen LogP contribution in [0.25, 0.3) is 0 Å². The number of likely N-dealkylation sites (tertiary alicyclic amines) is 1. The van der Waals surface area contributed by atoms with Crippen LogP contribution < -0.4 is 10.1 Å². The lowest BCUT2D eigenvalue weighted by atomic mass is 9.98. The number of aromatic nitrogens is 1. The molecule has 0 atom stereocenters. The van der Waals surface area contributed by atoms with E-state index in [1.807, 2.05) is 19.1 Å². The van der Waals surface area contributed by atoms with Crippen molar-refractivity contribution in [1.82, 2.24) is 15.2 Å². The maximum absolute atomic E-state index is 12.1. The average Bonchev–Trinajstić information content (AvgIpc) is 2.53. The number of rotatable bonds is 5. The summed E-state index contributed by atoms with van der Waals surface area (Å²) in [6, 6.07) is 3.64. The zero-order valence-corrected chi connectivity index (χ0v) is 12.4. The van der Waals surface area contributed by atoms with Crippen LogP contribution in [0.15, 0.2) is 18.3 Å². The minimum absolute atomic E-state index is 0.0545. The van der Waals surface area contributed by atoms with Crippen molar-refractivity contribution in [1.29, 1.82) is 0 Å². The summed E-state index contributed by atoms with van der Waals surface area (Å²) in [6.45, 7) is 4.57. The molecule has 1 aliphatic heterocycles. The normalized spacial score (nSPS) is 15.8. The minimum atomic E-state index is -0.0545. The van der Waals surface area contributed by atoms with Crippen molar-refractivity contribution >= 4 is 6.03 Å². The van der Waals surface area contributed by atoms with Crippen molar-refractivity contribution in [3.8, 4) is 5.88 Å². The number of aliphatic hydroxyl groups is 1. The zero-order valence-electron chi connectivity index (χ0n) is 12.4. The predicted molar refractivity (Wildman–Crippen MR) is 79.0 cm³/mol. The van der Waals surface area contributed by atoms with Crippen molar-refractivity contribution in [2.24, 2.45) is 5.92 Å². The van der Waals surface area contributed by atoms with E-state index in [1.54, 1.807) is 11.1 Å². The third-order valence-electron chi connectivity index (χ3n) is 3.70. The van der Waals surface area contributed by atoms with E-state index >= 15 is 0 Å². The van der Waals surface area contributed by atoms with Gasteiger partial charge in [-0.05, 0) is 37.3 Å². The van der Waals surface area contributed by atoms with Gasteiger partial charge in [-0.25, -0.2) is 9.78 Å². The summed E-state index contributed by atoms with van der Waals surface area (Å²) in [5, 5.41) is 12.0. The Hall–Kier alpha value is -1.82. The van der Waals surface area contributed by atoms with Gasteiger partial charge in [-0.1, -0.05) is 0 Å². The number of ether oxygens (including phenoxy) is 1. The zero-order chi connectivity index (χ0) is 15.1. The number of urea groups is 1. The van der Waals surface area contributed by atoms with E-state index in [-0.39, 0.29) is 12.6 Å². The molecule has 0 aliphatic carbocycles. The van der Waals surface area contributed by atoms with Crippen molar-refractivity contribution < 1.29 is 14.6 Å². The quantitative estimate of drug-likeness (QED) is 0.860. The second-order valence-corrected chi connectivity index (χ2v) is 5.21. The monoisotopic (exact) mass is 293 g/mol. The largest absolute Gasteiger partial charge is 0.478 e. The molecule has 0 bridgehead atoms. The molecule has 0 radical (unpaired) electrons. The number of aliphatic hydroxyl groups excluding tert-OH is 1. The number of nitrogens with zero attached hydrogens (tertiary/aromatic N) is 2. The van der Waals surface area contributed by atoms with Crippen LogP contribution in [0.1, 0.15) is 25.3 Å². The SMILES string of the molecule is CCOc1cc(CNC(=O)N2CCC(CO)CC2)ccn1. The molecule has 2 amide bonds. The molecule has 1 fully saturated rings. The number of nitrogens with one attached hydrogen (secondary N) is 1. The number of piperidine rings is 1. The second-order valence-electron chi connectivity index (χ2n) is 5.21. The summed E-state index contributed by atoms with van der Waals surface area (Å²) in [5.41, 5.74) is 0.965. The van der Waals surface area contributed by atoms with E-state index in [2.05, 4.69) is 10.3 Å². The molecule has 6 heteroatoms. The van der Waals surface area contributed by atoms with Gasteiger partial charge in [-0.3, -0.25) is 0 Å². The van der Waals surface area contributed by atoms with Crippen LogP contribution in [0.5, 0.6) is 5.88 Å². The molecule has 0 unspecified atom stereocenters. The van der Waals surface area contributed by atoms with Gasteiger partial charge >= 0.3 is 6.03 Å². The van der Waals surface area contributed by atoms with E-state index in [0.717, 1.165) is 18.4 Å². The van der Waals surface area contributed by atoms with Gasteiger partial charge in [0.05, 0.1) is 6.61 Å². The van der Waals surface area contributed by atoms with Crippen LogP contribution in [0.2, 0.25) is 0 Å². The van der Waals surface area contributed by atoms with Gasteiger partial charge in [0.1, 0.15) is 0 Å². The Kier molecular flexibility index (Phi) is 5.80. The number of pyridine rings is 1. The highest BCUT2D eigenvalue weighted by atomic mass is 16.5. The van der Waals surface area contributed by atoms with E-state index in [1.165, 1.54) is 0 Å². The third kappa shape index (κ3) is 4.60. The van der Waals surface area contributed by atoms with Crippen molar-refractivity contribution in [3.63, 3.8) is 0 Å². The molecule has 0 spiro atoms. The van der Waals surface area contributed by atoms with Gasteiger partial charge in [0.25, 0.3) is 0 Å². The smallest absolute Gasteiger partial charge is 0.317 e. The van der Waals surface area contributed by atoms with Crippen LogP contribution >= 0.6 is 0 Å². The molecule has 2 N–H and O–H groups in total. The number of hydrogen-bond donors (Lipinski definition) is 2. The lowest BCUT2D eigenvalue weighted by molar-refractivity contribution is 0.137. The van der Waals surface area contributed by atoms with E-state index in [9.17, 15) is 4.79 Å². The van der Waals surface area contributed by atoms with Crippen LogP contribution in [-0.4, -0.2) is 47.3 Å². The molecule has 0 saturated carbocycles. The van der Waals surface area contributed by atoms with Crippen LogP contribution in [0, 0.1) is 5.92 Å². The Balaban J connectivity index is 1.80. The fraction of sp³-hybridized carbons (Fsp3) is 0.600. The van der Waals surface area contributed by atoms with Crippen molar-refractivity contribution in [3.05, 3.63) is 23.9 Å². The lowest BCUT2D eigenvalue weighted by Crippen LogP contribution is -2.44. The van der Waals surface area contributed by atoms with Crippen LogP contribution in [-0.2, 0) is 6.54 Å². The fourth-order valence-corrected chi connectivity index (χ4v) is 2.40. The molecule has 2 heterocycles. The van der Waals surface area contributed by atoms with E-state index in [0.29, 0.717) is 38.0 Å². The molecule has 0 aromatic carbocycles. The van der Waals surface area contributed by atoms with E-state index in [4.69, 9.17) is 9.84 Å². The third-order valence-corrected chi connectivity index (χ3v) is 3.70. The Morgan fingerprint density at radius 2 is 2.29 bits per heavy atom. The maximum Gasteiger partial charge on any atom is 0.317 e. The summed E-state index contributed by atoms with van der Waals surface area (Å²) >= 11 is 0. The van der Waals surface area contributed by atoms with Crippen molar-refractivity contribution in [2.45, 2.75) is 26.3 Å². The predicted octanol–water partition coefficient (Wildman–Crippen LogP) is 1.39. The van der Waals surface area contributed by atoms with Crippen LogP contribution in [0.3, 0.4) is 0 Å². The highest BCUT2D eigenvalue weighted by molar-refractivity contribution is 5.74. The van der Waals surface area contributed by atoms with E-state index < -0.39 is 0 Å². The Labute approximate surface area is 125 Å². The Morgan fingerprint density at radius 1 is 1.52 bits per heavy atom. The summed E-state index contributed by atoms with van der Waals surface area (Å²) in [5.74, 6) is 0.913. The molecular formula is C15H23N3O3. The molecule has 1 saturated heterocycles. The molecule has 116 valence electrons. The Bertz CT molecular complexity index is 459.